The minimum atomic E-state index is -3.85. The lowest BCUT2D eigenvalue weighted by atomic mass is 9.99. The quantitative estimate of drug-likeness (QED) is 0.612. The van der Waals surface area contributed by atoms with E-state index in [2.05, 4.69) is 19.1 Å². The number of carbonyl (C=O) groups is 1. The number of hydrogen-bond acceptors (Lipinski definition) is 8. The van der Waals surface area contributed by atoms with Gasteiger partial charge in [-0.15, -0.1) is 4.40 Å². The Kier molecular flexibility index (Phi) is 5.39. The van der Waals surface area contributed by atoms with Crippen LogP contribution in [0.3, 0.4) is 0 Å². The molecule has 1 atom stereocenters. The number of hydrogen-bond donors (Lipinski definition) is 3. The summed E-state index contributed by atoms with van der Waals surface area (Å²) in [5.74, 6) is -0.236. The average Bonchev–Trinajstić information content (AvgIpc) is 2.70. The highest BCUT2D eigenvalue weighted by Crippen LogP contribution is 2.31. The lowest BCUT2D eigenvalue weighted by Gasteiger charge is -2.33. The summed E-state index contributed by atoms with van der Waals surface area (Å²) >= 11 is 0. The minimum Gasteiger partial charge on any atom is -0.492 e. The fraction of sp³-hybridized carbons (Fsp3) is 0.368. The van der Waals surface area contributed by atoms with Gasteiger partial charge in [0, 0.05) is 24.7 Å². The number of aromatic carboxylic acids is 1. The molecule has 4 rings (SSSR count). The van der Waals surface area contributed by atoms with Gasteiger partial charge < -0.3 is 20.5 Å². The number of fused-ring (bicyclic) bond motifs is 1. The molecule has 1 aromatic carbocycles. The van der Waals surface area contributed by atoms with Crippen LogP contribution in [-0.4, -0.2) is 55.0 Å². The number of ether oxygens (including phenoxy) is 1. The Morgan fingerprint density at radius 1 is 1.39 bits per heavy atom. The molecule has 1 aromatic heterocycles. The molecular formula is C19H22N6O5S. The summed E-state index contributed by atoms with van der Waals surface area (Å²) < 4.78 is 35.3. The Hall–Kier alpha value is -3.41. The van der Waals surface area contributed by atoms with E-state index in [0.717, 1.165) is 19.4 Å². The summed E-state index contributed by atoms with van der Waals surface area (Å²) in [5.41, 5.74) is 7.16. The third-order valence-electron chi connectivity index (χ3n) is 5.08. The van der Waals surface area contributed by atoms with E-state index in [1.54, 1.807) is 25.1 Å². The van der Waals surface area contributed by atoms with Gasteiger partial charge in [0.25, 0.3) is 0 Å². The van der Waals surface area contributed by atoms with Crippen molar-refractivity contribution in [3.05, 3.63) is 41.2 Å². The lowest BCUT2D eigenvalue weighted by Crippen LogP contribution is -2.39. The molecular weight excluding hydrogens is 424 g/mol. The average molecular weight is 446 g/mol. The summed E-state index contributed by atoms with van der Waals surface area (Å²) in [6.45, 7) is 3.43. The third kappa shape index (κ3) is 4.53. The third-order valence-corrected chi connectivity index (χ3v) is 5.99. The van der Waals surface area contributed by atoms with E-state index in [9.17, 15) is 18.3 Å². The van der Waals surface area contributed by atoms with Gasteiger partial charge in [-0.1, -0.05) is 6.07 Å². The highest BCUT2D eigenvalue weighted by atomic mass is 32.2. The van der Waals surface area contributed by atoms with Crippen LogP contribution in [0, 0.1) is 12.8 Å². The molecule has 2 aliphatic heterocycles. The Morgan fingerprint density at radius 3 is 2.97 bits per heavy atom. The van der Waals surface area contributed by atoms with Gasteiger partial charge in [0.1, 0.15) is 5.75 Å². The summed E-state index contributed by atoms with van der Waals surface area (Å²) in [4.78, 5) is 21.8. The number of rotatable bonds is 5. The van der Waals surface area contributed by atoms with E-state index in [1.165, 1.54) is 6.07 Å². The zero-order chi connectivity index (χ0) is 22.2. The maximum atomic E-state index is 11.7. The predicted molar refractivity (Wildman–Crippen MR) is 114 cm³/mol. The predicted octanol–water partition coefficient (Wildman–Crippen LogP) is 1.15. The first-order valence-electron chi connectivity index (χ1n) is 9.70. The number of nitrogens with two attached hydrogens (primary N) is 1. The van der Waals surface area contributed by atoms with Crippen LogP contribution in [0.25, 0.3) is 0 Å². The number of anilines is 2. The van der Waals surface area contributed by atoms with Crippen LogP contribution in [0.15, 0.2) is 28.7 Å². The van der Waals surface area contributed by atoms with Crippen molar-refractivity contribution in [2.45, 2.75) is 19.8 Å². The van der Waals surface area contributed by atoms with Gasteiger partial charge in [0.15, 0.2) is 11.5 Å². The van der Waals surface area contributed by atoms with E-state index in [4.69, 9.17) is 10.5 Å². The van der Waals surface area contributed by atoms with Crippen molar-refractivity contribution >= 4 is 33.6 Å². The topological polar surface area (TPSA) is 160 Å². The van der Waals surface area contributed by atoms with Gasteiger partial charge in [-0.2, -0.15) is 8.42 Å². The van der Waals surface area contributed by atoms with Crippen LogP contribution in [0.5, 0.6) is 5.75 Å². The highest BCUT2D eigenvalue weighted by molar-refractivity contribution is 7.91. The minimum absolute atomic E-state index is 0.0333. The number of carboxylic acids is 1. The first-order valence-corrected chi connectivity index (χ1v) is 11.1. The van der Waals surface area contributed by atoms with E-state index < -0.39 is 16.2 Å². The van der Waals surface area contributed by atoms with Crippen LogP contribution in [0.2, 0.25) is 0 Å². The fourth-order valence-corrected chi connectivity index (χ4v) is 4.58. The molecule has 4 N–H and O–H groups in total. The van der Waals surface area contributed by atoms with Crippen molar-refractivity contribution in [1.29, 1.82) is 0 Å². The van der Waals surface area contributed by atoms with Crippen molar-refractivity contribution in [1.82, 2.24) is 9.97 Å². The van der Waals surface area contributed by atoms with Crippen molar-refractivity contribution in [3.63, 3.8) is 0 Å². The molecule has 11 nitrogen and oxygen atoms in total. The molecule has 0 spiro atoms. The molecule has 3 heterocycles. The van der Waals surface area contributed by atoms with Gasteiger partial charge in [-0.3, -0.25) is 4.72 Å². The highest BCUT2D eigenvalue weighted by Gasteiger charge is 2.27. The molecule has 0 aliphatic carbocycles. The molecule has 0 unspecified atom stereocenters. The summed E-state index contributed by atoms with van der Waals surface area (Å²) in [7, 11) is -3.85. The number of nitrogens with zero attached hydrogens (tertiary/aromatic N) is 4. The van der Waals surface area contributed by atoms with E-state index >= 15 is 0 Å². The first-order chi connectivity index (χ1) is 14.7. The van der Waals surface area contributed by atoms with Crippen molar-refractivity contribution < 1.29 is 23.1 Å². The van der Waals surface area contributed by atoms with Crippen molar-refractivity contribution in [3.8, 4) is 5.75 Å². The zero-order valence-corrected chi connectivity index (χ0v) is 17.6. The normalized spacial score (nSPS) is 19.7. The Balaban J connectivity index is 1.48. The molecule has 31 heavy (non-hydrogen) atoms. The summed E-state index contributed by atoms with van der Waals surface area (Å²) in [6, 6.07) is 6.43. The fourth-order valence-electron chi connectivity index (χ4n) is 3.73. The second-order valence-electron chi connectivity index (χ2n) is 7.50. The monoisotopic (exact) mass is 446 g/mol. The maximum Gasteiger partial charge on any atom is 0.354 e. The Labute approximate surface area is 179 Å². The molecule has 164 valence electrons. The molecule has 2 aliphatic rings. The lowest BCUT2D eigenvalue weighted by molar-refractivity contribution is 0.0690. The smallest absolute Gasteiger partial charge is 0.354 e. The van der Waals surface area contributed by atoms with Gasteiger partial charge >= 0.3 is 16.2 Å². The molecule has 0 bridgehead atoms. The van der Waals surface area contributed by atoms with E-state index in [-0.39, 0.29) is 17.4 Å². The van der Waals surface area contributed by atoms with Crippen LogP contribution in [0.4, 0.5) is 11.6 Å². The van der Waals surface area contributed by atoms with Crippen LogP contribution in [0.1, 0.15) is 34.6 Å². The van der Waals surface area contributed by atoms with Gasteiger partial charge in [-0.25, -0.2) is 14.8 Å². The molecule has 0 radical (unpaired) electrons. The van der Waals surface area contributed by atoms with Crippen molar-refractivity contribution in [2.75, 3.05) is 29.3 Å². The Morgan fingerprint density at radius 2 is 2.19 bits per heavy atom. The molecule has 0 saturated carbocycles. The molecule has 1 saturated heterocycles. The number of carboxylic acid groups (broad SMARTS) is 1. The molecule has 12 heteroatoms. The van der Waals surface area contributed by atoms with Crippen LogP contribution in [-0.2, 0) is 10.2 Å². The summed E-state index contributed by atoms with van der Waals surface area (Å²) in [5, 5.41) is 9.25. The van der Waals surface area contributed by atoms with Gasteiger partial charge in [-0.05, 0) is 38.0 Å². The van der Waals surface area contributed by atoms with E-state index in [0.29, 0.717) is 41.8 Å². The first kappa shape index (κ1) is 20.8. The summed E-state index contributed by atoms with van der Waals surface area (Å²) in [6.07, 6.45) is 1.79. The second-order valence-corrected chi connectivity index (χ2v) is 8.83. The molecule has 0 amide bonds. The standard InChI is InChI=1S/C19H22N6O5S/c1-11-8-14(18(26)27)22-19(21-11)25-7-3-4-12(9-25)10-30-15-6-2-5-13-16(15)17(20)24-31(28,29)23-13/h2,5-6,8,12,23H,3-4,7,9-10H2,1H3,(H2,20,24)(H,26,27)/t12-/m0/s1. The zero-order valence-electron chi connectivity index (χ0n) is 16.8. The van der Waals surface area contributed by atoms with E-state index in [1.807, 2.05) is 4.90 Å². The van der Waals surface area contributed by atoms with Crippen LogP contribution < -0.4 is 20.1 Å². The maximum absolute atomic E-state index is 11.7. The molecule has 1 fully saturated rings. The van der Waals surface area contributed by atoms with Crippen molar-refractivity contribution in [2.24, 2.45) is 16.0 Å². The number of aryl methyl sites for hydroxylation is 1. The molecule has 2 aromatic rings. The van der Waals surface area contributed by atoms with Gasteiger partial charge in [0.2, 0.25) is 5.95 Å². The number of nitrogens with one attached hydrogen (secondary N) is 1. The number of piperidine rings is 1. The second kappa shape index (κ2) is 8.02. The number of benzene rings is 1. The number of amidine groups is 1. The SMILES string of the molecule is Cc1cc(C(=O)O)nc(N2CCC[C@H](COc3cccc4c3C(N)=NS(=O)(=O)N4)C2)n1. The largest absolute Gasteiger partial charge is 0.492 e. The Bertz CT molecular complexity index is 1170. The van der Waals surface area contributed by atoms with Crippen LogP contribution >= 0.6 is 0 Å². The number of aromatic nitrogens is 2. The van der Waals surface area contributed by atoms with Gasteiger partial charge in [0.05, 0.1) is 17.9 Å².